The molecule has 0 radical (unpaired) electrons. The van der Waals surface area contributed by atoms with Crippen LogP contribution >= 0.6 is 0 Å². The Hall–Kier alpha value is -3.93. The van der Waals surface area contributed by atoms with E-state index in [0.29, 0.717) is 30.8 Å². The summed E-state index contributed by atoms with van der Waals surface area (Å²) in [6, 6.07) is 24.0. The Morgan fingerprint density at radius 1 is 0.857 bits per heavy atom. The molecule has 6 heteroatoms. The van der Waals surface area contributed by atoms with Crippen LogP contribution in [0.1, 0.15) is 47.8 Å². The van der Waals surface area contributed by atoms with Crippen molar-refractivity contribution in [2.75, 3.05) is 11.4 Å². The van der Waals surface area contributed by atoms with Crippen LogP contribution in [0.3, 0.4) is 0 Å². The van der Waals surface area contributed by atoms with Crippen LogP contribution in [0.4, 0.5) is 10.5 Å². The molecule has 3 aromatic carbocycles. The summed E-state index contributed by atoms with van der Waals surface area (Å²) in [6.07, 6.45) is 0.678. The van der Waals surface area contributed by atoms with Crippen molar-refractivity contribution in [2.45, 2.75) is 40.3 Å². The Morgan fingerprint density at radius 3 is 2.11 bits per heavy atom. The number of benzene rings is 3. The van der Waals surface area contributed by atoms with Crippen LogP contribution in [-0.2, 0) is 24.3 Å². The standard InChI is InChI=1S/C29H31N3O3/c1-29(2,3)27(34)31-18-17-23-15-10-16-24(25(23)31)26(33)32(20-22-13-8-5-9-14-22)28(35)30-19-21-11-6-4-7-12-21/h4-16H,17-20H2,1-3H3,(H,30,35). The molecule has 1 aliphatic rings. The number of hydrogen-bond donors (Lipinski definition) is 1. The molecule has 0 saturated heterocycles. The number of urea groups is 1. The maximum absolute atomic E-state index is 13.9. The van der Waals surface area contributed by atoms with Crippen molar-refractivity contribution in [3.8, 4) is 0 Å². The Morgan fingerprint density at radius 2 is 1.49 bits per heavy atom. The Balaban J connectivity index is 1.66. The van der Waals surface area contributed by atoms with Crippen LogP contribution < -0.4 is 10.2 Å². The highest BCUT2D eigenvalue weighted by molar-refractivity contribution is 6.11. The number of nitrogens with zero attached hydrogens (tertiary/aromatic N) is 2. The number of hydrogen-bond acceptors (Lipinski definition) is 3. The van der Waals surface area contributed by atoms with Crippen LogP contribution in [-0.4, -0.2) is 29.3 Å². The molecule has 180 valence electrons. The molecule has 0 saturated carbocycles. The fraction of sp³-hybridized carbons (Fsp3) is 0.276. The highest BCUT2D eigenvalue weighted by atomic mass is 16.2. The zero-order chi connectivity index (χ0) is 25.0. The number of anilines is 1. The van der Waals surface area contributed by atoms with Crippen LogP contribution in [0.2, 0.25) is 0 Å². The monoisotopic (exact) mass is 469 g/mol. The highest BCUT2D eigenvalue weighted by Gasteiger charge is 2.36. The highest BCUT2D eigenvalue weighted by Crippen LogP contribution is 2.35. The molecule has 35 heavy (non-hydrogen) atoms. The molecule has 0 atom stereocenters. The Kier molecular flexibility index (Phi) is 7.01. The van der Waals surface area contributed by atoms with E-state index in [1.54, 1.807) is 11.0 Å². The number of fused-ring (bicyclic) bond motifs is 1. The number of imide groups is 1. The summed E-state index contributed by atoms with van der Waals surface area (Å²) < 4.78 is 0. The van der Waals surface area contributed by atoms with Crippen molar-refractivity contribution in [3.63, 3.8) is 0 Å². The number of amides is 4. The smallest absolute Gasteiger partial charge is 0.324 e. The van der Waals surface area contributed by atoms with Gasteiger partial charge in [-0.2, -0.15) is 0 Å². The quantitative estimate of drug-likeness (QED) is 0.560. The van der Waals surface area contributed by atoms with E-state index in [0.717, 1.165) is 16.7 Å². The first kappa shape index (κ1) is 24.2. The average molecular weight is 470 g/mol. The van der Waals surface area contributed by atoms with E-state index >= 15 is 0 Å². The van der Waals surface area contributed by atoms with Crippen molar-refractivity contribution >= 4 is 23.5 Å². The molecule has 0 aliphatic carbocycles. The minimum absolute atomic E-state index is 0.0420. The summed E-state index contributed by atoms with van der Waals surface area (Å²) in [6.45, 7) is 6.56. The molecule has 4 rings (SSSR count). The second-order valence-electron chi connectivity index (χ2n) is 9.79. The third kappa shape index (κ3) is 5.43. The summed E-state index contributed by atoms with van der Waals surface area (Å²) >= 11 is 0. The van der Waals surface area contributed by atoms with Crippen molar-refractivity contribution in [1.29, 1.82) is 0 Å². The first-order valence-electron chi connectivity index (χ1n) is 11.9. The summed E-state index contributed by atoms with van der Waals surface area (Å²) in [5, 5.41) is 2.88. The second kappa shape index (κ2) is 10.1. The van der Waals surface area contributed by atoms with E-state index in [1.165, 1.54) is 4.90 Å². The van der Waals surface area contributed by atoms with Gasteiger partial charge < -0.3 is 10.2 Å². The normalized spacial score (nSPS) is 12.7. The van der Waals surface area contributed by atoms with Crippen LogP contribution in [0.25, 0.3) is 0 Å². The first-order valence-corrected chi connectivity index (χ1v) is 11.9. The zero-order valence-corrected chi connectivity index (χ0v) is 20.5. The molecule has 0 fully saturated rings. The predicted octanol–water partition coefficient (Wildman–Crippen LogP) is 5.17. The van der Waals surface area contributed by atoms with E-state index in [9.17, 15) is 14.4 Å². The van der Waals surface area contributed by atoms with Gasteiger partial charge in [0.1, 0.15) is 0 Å². The molecule has 0 bridgehead atoms. The number of nitrogens with one attached hydrogen (secondary N) is 1. The van der Waals surface area contributed by atoms with E-state index in [4.69, 9.17) is 0 Å². The van der Waals surface area contributed by atoms with Gasteiger partial charge >= 0.3 is 6.03 Å². The van der Waals surface area contributed by atoms with Gasteiger partial charge in [-0.3, -0.25) is 14.5 Å². The van der Waals surface area contributed by atoms with Crippen LogP contribution in [0, 0.1) is 5.41 Å². The van der Waals surface area contributed by atoms with Crippen molar-refractivity contribution in [3.05, 3.63) is 101 Å². The SMILES string of the molecule is CC(C)(C)C(=O)N1CCc2cccc(C(=O)N(Cc3ccccc3)C(=O)NCc3ccccc3)c21. The maximum atomic E-state index is 13.9. The molecule has 0 aromatic heterocycles. The van der Waals surface area contributed by atoms with E-state index < -0.39 is 17.4 Å². The lowest BCUT2D eigenvalue weighted by Gasteiger charge is -2.29. The molecule has 3 aromatic rings. The molecule has 4 amide bonds. The van der Waals surface area contributed by atoms with Crippen molar-refractivity contribution in [2.24, 2.45) is 5.41 Å². The molecule has 1 N–H and O–H groups in total. The lowest BCUT2D eigenvalue weighted by Crippen LogP contribution is -2.44. The lowest BCUT2D eigenvalue weighted by molar-refractivity contribution is -0.125. The van der Waals surface area contributed by atoms with Gasteiger partial charge in [-0.15, -0.1) is 0 Å². The maximum Gasteiger partial charge on any atom is 0.324 e. The summed E-state index contributed by atoms with van der Waals surface area (Å²) in [5.74, 6) is -0.468. The molecule has 0 spiro atoms. The van der Waals surface area contributed by atoms with Crippen molar-refractivity contribution in [1.82, 2.24) is 10.2 Å². The van der Waals surface area contributed by atoms with Gasteiger partial charge in [-0.25, -0.2) is 4.79 Å². The van der Waals surface area contributed by atoms with Gasteiger partial charge in [0.25, 0.3) is 5.91 Å². The summed E-state index contributed by atoms with van der Waals surface area (Å²) in [4.78, 5) is 43.3. The van der Waals surface area contributed by atoms with Gasteiger partial charge in [-0.05, 0) is 29.2 Å². The third-order valence-corrected chi connectivity index (χ3v) is 6.07. The van der Waals surface area contributed by atoms with Crippen LogP contribution in [0.15, 0.2) is 78.9 Å². The third-order valence-electron chi connectivity index (χ3n) is 6.07. The van der Waals surface area contributed by atoms with E-state index in [1.807, 2.05) is 93.6 Å². The zero-order valence-electron chi connectivity index (χ0n) is 20.5. The predicted molar refractivity (Wildman–Crippen MR) is 137 cm³/mol. The molecular formula is C29H31N3O3. The van der Waals surface area contributed by atoms with Gasteiger partial charge in [0.15, 0.2) is 0 Å². The topological polar surface area (TPSA) is 69.7 Å². The lowest BCUT2D eigenvalue weighted by atomic mass is 9.94. The summed E-state index contributed by atoms with van der Waals surface area (Å²) in [7, 11) is 0. The number of carbonyl (C=O) groups excluding carboxylic acids is 3. The minimum atomic E-state index is -0.589. The Labute approximate surface area is 206 Å². The van der Waals surface area contributed by atoms with Gasteiger partial charge in [-0.1, -0.05) is 93.6 Å². The van der Waals surface area contributed by atoms with Gasteiger partial charge in [0.05, 0.1) is 17.8 Å². The Bertz CT molecular complexity index is 1220. The fourth-order valence-corrected chi connectivity index (χ4v) is 4.25. The number of para-hydroxylation sites is 1. The average Bonchev–Trinajstić information content (AvgIpc) is 3.30. The fourth-order valence-electron chi connectivity index (χ4n) is 4.25. The minimum Gasteiger partial charge on any atom is -0.334 e. The molecule has 1 heterocycles. The molecule has 1 aliphatic heterocycles. The number of carbonyl (C=O) groups is 3. The number of rotatable bonds is 5. The summed E-state index contributed by atoms with van der Waals surface area (Å²) in [5.41, 5.74) is 3.11. The van der Waals surface area contributed by atoms with Gasteiger partial charge in [0, 0.05) is 18.5 Å². The second-order valence-corrected chi connectivity index (χ2v) is 9.79. The van der Waals surface area contributed by atoms with E-state index in [2.05, 4.69) is 5.32 Å². The molecule has 6 nitrogen and oxygen atoms in total. The van der Waals surface area contributed by atoms with E-state index in [-0.39, 0.29) is 12.5 Å². The van der Waals surface area contributed by atoms with Crippen LogP contribution in [0.5, 0.6) is 0 Å². The van der Waals surface area contributed by atoms with Crippen molar-refractivity contribution < 1.29 is 14.4 Å². The largest absolute Gasteiger partial charge is 0.334 e. The molecular weight excluding hydrogens is 438 g/mol. The first-order chi connectivity index (χ1) is 16.8. The van der Waals surface area contributed by atoms with Gasteiger partial charge in [0.2, 0.25) is 5.91 Å². The molecule has 0 unspecified atom stereocenters.